The van der Waals surface area contributed by atoms with Crippen molar-refractivity contribution >= 4 is 33.1 Å². The number of non-ortho nitro benzene ring substituents is 1. The SMILES string of the molecule is COc1cc(NS(=O)(=O)c2ccc(NC(=O)c3ccc([N+](=O)[O-])cc3)cc2)nc(OC)n1. The number of nitro benzene ring substituents is 1. The largest absolute Gasteiger partial charge is 0.481 e. The Morgan fingerprint density at radius 3 is 2.22 bits per heavy atom. The van der Waals surface area contributed by atoms with Gasteiger partial charge in [-0.05, 0) is 36.4 Å². The number of rotatable bonds is 8. The van der Waals surface area contributed by atoms with Gasteiger partial charge >= 0.3 is 6.01 Å². The van der Waals surface area contributed by atoms with Crippen LogP contribution in [0.25, 0.3) is 0 Å². The van der Waals surface area contributed by atoms with E-state index >= 15 is 0 Å². The Morgan fingerprint density at radius 1 is 1.00 bits per heavy atom. The molecular formula is C19H17N5O7S. The van der Waals surface area contributed by atoms with Crippen LogP contribution in [0.1, 0.15) is 10.4 Å². The summed E-state index contributed by atoms with van der Waals surface area (Å²) >= 11 is 0. The van der Waals surface area contributed by atoms with Gasteiger partial charge in [0.05, 0.1) is 24.0 Å². The predicted octanol–water partition coefficient (Wildman–Crippen LogP) is 2.46. The molecule has 0 saturated carbocycles. The molecule has 2 N–H and O–H groups in total. The van der Waals surface area contributed by atoms with Crippen molar-refractivity contribution in [3.63, 3.8) is 0 Å². The van der Waals surface area contributed by atoms with Crippen molar-refractivity contribution in [2.24, 2.45) is 0 Å². The summed E-state index contributed by atoms with van der Waals surface area (Å²) in [7, 11) is -1.31. The third-order valence-electron chi connectivity index (χ3n) is 4.08. The Balaban J connectivity index is 1.73. The molecule has 0 aliphatic rings. The topological polar surface area (TPSA) is 163 Å². The summed E-state index contributed by atoms with van der Waals surface area (Å²) in [6.07, 6.45) is 0. The van der Waals surface area contributed by atoms with Crippen molar-refractivity contribution < 1.29 is 27.6 Å². The van der Waals surface area contributed by atoms with Crippen LogP contribution in [-0.4, -0.2) is 43.4 Å². The minimum Gasteiger partial charge on any atom is -0.481 e. The normalized spacial score (nSPS) is 10.8. The van der Waals surface area contributed by atoms with E-state index < -0.39 is 20.9 Å². The standard InChI is InChI=1S/C19H17N5O7S/c1-30-17-11-16(21-19(22-17)31-2)23-32(28,29)15-9-5-13(6-10-15)20-18(25)12-3-7-14(8-4-12)24(26)27/h3-11H,1-2H3,(H,20,25)(H,21,22,23). The zero-order valence-electron chi connectivity index (χ0n) is 16.8. The first-order valence-electron chi connectivity index (χ1n) is 8.87. The highest BCUT2D eigenvalue weighted by Gasteiger charge is 2.17. The number of nitro groups is 1. The maximum absolute atomic E-state index is 12.6. The number of methoxy groups -OCH3 is 2. The molecule has 0 aliphatic carbocycles. The quantitative estimate of drug-likeness (QED) is 0.380. The molecule has 0 unspecified atom stereocenters. The third-order valence-corrected chi connectivity index (χ3v) is 5.45. The minimum absolute atomic E-state index is 0.0516. The molecule has 0 fully saturated rings. The van der Waals surface area contributed by atoms with Crippen molar-refractivity contribution in [2.45, 2.75) is 4.90 Å². The Labute approximate surface area is 182 Å². The minimum atomic E-state index is -4.00. The van der Waals surface area contributed by atoms with E-state index in [0.29, 0.717) is 5.69 Å². The van der Waals surface area contributed by atoms with E-state index in [1.165, 1.54) is 68.8 Å². The van der Waals surface area contributed by atoms with Crippen molar-refractivity contribution in [1.82, 2.24) is 9.97 Å². The fourth-order valence-corrected chi connectivity index (χ4v) is 3.50. The second-order valence-corrected chi connectivity index (χ2v) is 7.85. The summed E-state index contributed by atoms with van der Waals surface area (Å²) in [4.78, 5) is 30.1. The van der Waals surface area contributed by atoms with E-state index in [-0.39, 0.29) is 33.9 Å². The maximum atomic E-state index is 12.6. The van der Waals surface area contributed by atoms with Crippen molar-refractivity contribution in [3.05, 3.63) is 70.3 Å². The summed E-state index contributed by atoms with van der Waals surface area (Å²) in [6.45, 7) is 0. The number of anilines is 2. The van der Waals surface area contributed by atoms with Crippen molar-refractivity contribution in [2.75, 3.05) is 24.3 Å². The van der Waals surface area contributed by atoms with Gasteiger partial charge in [0.25, 0.3) is 21.6 Å². The van der Waals surface area contributed by atoms with Crippen LogP contribution in [-0.2, 0) is 10.0 Å². The van der Waals surface area contributed by atoms with Crippen LogP contribution < -0.4 is 19.5 Å². The van der Waals surface area contributed by atoms with E-state index in [4.69, 9.17) is 9.47 Å². The predicted molar refractivity (Wildman–Crippen MR) is 113 cm³/mol. The fraction of sp³-hybridized carbons (Fsp3) is 0.105. The van der Waals surface area contributed by atoms with Gasteiger partial charge in [0, 0.05) is 29.4 Å². The van der Waals surface area contributed by atoms with E-state index in [2.05, 4.69) is 20.0 Å². The average molecular weight is 459 g/mol. The van der Waals surface area contributed by atoms with E-state index in [1.807, 2.05) is 0 Å². The van der Waals surface area contributed by atoms with E-state index in [1.54, 1.807) is 0 Å². The number of nitrogens with zero attached hydrogens (tertiary/aromatic N) is 3. The molecule has 32 heavy (non-hydrogen) atoms. The maximum Gasteiger partial charge on any atom is 0.321 e. The summed E-state index contributed by atoms with van der Waals surface area (Å²) in [5.74, 6) is -0.447. The number of sulfonamides is 1. The van der Waals surface area contributed by atoms with Crippen molar-refractivity contribution in [1.29, 1.82) is 0 Å². The number of hydrogen-bond donors (Lipinski definition) is 2. The third kappa shape index (κ3) is 5.26. The first-order chi connectivity index (χ1) is 15.2. The lowest BCUT2D eigenvalue weighted by Crippen LogP contribution is -2.15. The molecule has 2 aromatic carbocycles. The van der Waals surface area contributed by atoms with Crippen LogP contribution >= 0.6 is 0 Å². The molecule has 166 valence electrons. The second-order valence-electron chi connectivity index (χ2n) is 6.17. The summed E-state index contributed by atoms with van der Waals surface area (Å²) < 4.78 is 37.5. The molecule has 3 aromatic rings. The number of hydrogen-bond acceptors (Lipinski definition) is 9. The molecule has 0 atom stereocenters. The van der Waals surface area contributed by atoms with E-state index in [0.717, 1.165) is 0 Å². The molecule has 1 heterocycles. The van der Waals surface area contributed by atoms with Crippen LogP contribution in [0.5, 0.6) is 11.9 Å². The number of ether oxygens (including phenoxy) is 2. The Morgan fingerprint density at radius 2 is 1.66 bits per heavy atom. The van der Waals surface area contributed by atoms with Gasteiger partial charge in [0.2, 0.25) is 5.88 Å². The first kappa shape index (κ1) is 22.4. The molecule has 3 rings (SSSR count). The number of amides is 1. The molecule has 0 spiro atoms. The van der Waals surface area contributed by atoms with Crippen LogP contribution in [0.15, 0.2) is 59.5 Å². The number of nitrogens with one attached hydrogen (secondary N) is 2. The first-order valence-corrected chi connectivity index (χ1v) is 10.4. The molecule has 13 heteroatoms. The second kappa shape index (κ2) is 9.26. The number of carbonyl (C=O) groups is 1. The molecule has 0 saturated heterocycles. The lowest BCUT2D eigenvalue weighted by atomic mass is 10.2. The summed E-state index contributed by atoms with van der Waals surface area (Å²) in [5, 5.41) is 13.3. The lowest BCUT2D eigenvalue weighted by Gasteiger charge is -2.10. The monoisotopic (exact) mass is 459 g/mol. The number of carbonyl (C=O) groups excluding carboxylic acids is 1. The molecule has 12 nitrogen and oxygen atoms in total. The van der Waals surface area contributed by atoms with Crippen LogP contribution in [0.4, 0.5) is 17.2 Å². The molecule has 1 aromatic heterocycles. The van der Waals surface area contributed by atoms with Crippen LogP contribution in [0.3, 0.4) is 0 Å². The summed E-state index contributed by atoms with van der Waals surface area (Å²) in [6, 6.07) is 11.7. The van der Waals surface area contributed by atoms with Gasteiger partial charge in [-0.3, -0.25) is 19.6 Å². The Bertz CT molecular complexity index is 1220. The molecule has 0 aliphatic heterocycles. The van der Waals surface area contributed by atoms with Gasteiger partial charge in [0.1, 0.15) is 0 Å². The van der Waals surface area contributed by atoms with Gasteiger partial charge in [-0.15, -0.1) is 0 Å². The highest BCUT2D eigenvalue weighted by atomic mass is 32.2. The van der Waals surface area contributed by atoms with Gasteiger partial charge in [0.15, 0.2) is 5.82 Å². The van der Waals surface area contributed by atoms with Gasteiger partial charge in [-0.25, -0.2) is 8.42 Å². The van der Waals surface area contributed by atoms with E-state index in [9.17, 15) is 23.3 Å². The Kier molecular flexibility index (Phi) is 6.49. The van der Waals surface area contributed by atoms with Crippen LogP contribution in [0, 0.1) is 10.1 Å². The Hall–Kier alpha value is -4.26. The average Bonchev–Trinajstić information content (AvgIpc) is 2.78. The number of aromatic nitrogens is 2. The molecule has 0 radical (unpaired) electrons. The lowest BCUT2D eigenvalue weighted by molar-refractivity contribution is -0.384. The molecular weight excluding hydrogens is 442 g/mol. The highest BCUT2D eigenvalue weighted by Crippen LogP contribution is 2.22. The number of benzene rings is 2. The summed E-state index contributed by atoms with van der Waals surface area (Å²) in [5.41, 5.74) is 0.404. The fourth-order valence-electron chi connectivity index (χ4n) is 2.50. The molecule has 1 amide bonds. The molecule has 0 bridgehead atoms. The van der Waals surface area contributed by atoms with Crippen molar-refractivity contribution in [3.8, 4) is 11.9 Å². The zero-order chi connectivity index (χ0) is 23.3. The van der Waals surface area contributed by atoms with Gasteiger partial charge in [-0.1, -0.05) is 0 Å². The van der Waals surface area contributed by atoms with Crippen LogP contribution in [0.2, 0.25) is 0 Å². The van der Waals surface area contributed by atoms with Gasteiger partial charge in [-0.2, -0.15) is 9.97 Å². The highest BCUT2D eigenvalue weighted by molar-refractivity contribution is 7.92. The van der Waals surface area contributed by atoms with Gasteiger partial charge < -0.3 is 14.8 Å². The smallest absolute Gasteiger partial charge is 0.321 e. The zero-order valence-corrected chi connectivity index (χ0v) is 17.6.